The van der Waals surface area contributed by atoms with Gasteiger partial charge in [-0.3, -0.25) is 4.99 Å². The van der Waals surface area contributed by atoms with Crippen molar-refractivity contribution in [2.24, 2.45) is 10.4 Å². The Labute approximate surface area is 193 Å². The van der Waals surface area contributed by atoms with E-state index >= 15 is 0 Å². The highest BCUT2D eigenvalue weighted by Crippen LogP contribution is 2.34. The van der Waals surface area contributed by atoms with E-state index in [1.807, 2.05) is 7.05 Å². The minimum absolute atomic E-state index is 0. The van der Waals surface area contributed by atoms with Gasteiger partial charge in [0.1, 0.15) is 0 Å². The second-order valence-corrected chi connectivity index (χ2v) is 8.95. The lowest BCUT2D eigenvalue weighted by molar-refractivity contribution is -0.0390. The maximum atomic E-state index is 6.05. The molecule has 1 aliphatic heterocycles. The van der Waals surface area contributed by atoms with Crippen LogP contribution in [0.4, 0.5) is 0 Å². The second kappa shape index (κ2) is 12.1. The van der Waals surface area contributed by atoms with E-state index in [9.17, 15) is 0 Å². The molecule has 0 radical (unpaired) electrons. The summed E-state index contributed by atoms with van der Waals surface area (Å²) >= 11 is 0. The molecule has 1 aromatic rings. The van der Waals surface area contributed by atoms with Gasteiger partial charge in [-0.2, -0.15) is 0 Å². The molecule has 0 atom stereocenters. The Hall–Kier alpha value is -0.860. The van der Waals surface area contributed by atoms with Crippen LogP contribution in [-0.2, 0) is 22.6 Å². The monoisotopic (exact) mass is 515 g/mol. The zero-order valence-corrected chi connectivity index (χ0v) is 20.5. The molecule has 2 aliphatic rings. The number of hydrogen-bond donors (Lipinski definition) is 2. The lowest BCUT2D eigenvalue weighted by Crippen LogP contribution is -2.45. The zero-order valence-electron chi connectivity index (χ0n) is 18.2. The summed E-state index contributed by atoms with van der Waals surface area (Å²) in [6, 6.07) is 9.15. The van der Waals surface area contributed by atoms with Crippen LogP contribution in [0.2, 0.25) is 0 Å². The molecule has 2 N–H and O–H groups in total. The Morgan fingerprint density at radius 3 is 2.52 bits per heavy atom. The van der Waals surface area contributed by atoms with Crippen LogP contribution in [0.1, 0.15) is 63.5 Å². The molecule has 1 saturated carbocycles. The van der Waals surface area contributed by atoms with E-state index in [0.29, 0.717) is 24.2 Å². The molecule has 0 amide bonds. The summed E-state index contributed by atoms with van der Waals surface area (Å²) in [5, 5.41) is 7.07. The number of ether oxygens (including phenoxy) is 2. The highest BCUT2D eigenvalue weighted by molar-refractivity contribution is 14.0. The normalized spacial score (nSPS) is 20.7. The standard InChI is InChI=1S/C23H37N3O2.HI/c1-23(2)11-7-20(8-12-23)26-22(24-3)25-16-18-5-4-6-19(15-18)17-28-21-9-13-27-14-10-21;/h4-6,15,20-21H,7-14,16-17H2,1-3H3,(H2,24,25,26);1H. The SMILES string of the molecule is CN=C(NCc1cccc(COC2CCOCC2)c1)NC1CCC(C)(C)CC1.I. The molecular formula is C23H38IN3O2. The first kappa shape index (κ1) is 24.4. The largest absolute Gasteiger partial charge is 0.381 e. The molecule has 0 unspecified atom stereocenters. The molecule has 164 valence electrons. The van der Waals surface area contributed by atoms with Gasteiger partial charge in [-0.25, -0.2) is 0 Å². The number of benzene rings is 1. The lowest BCUT2D eigenvalue weighted by atomic mass is 9.75. The molecule has 1 heterocycles. The van der Waals surface area contributed by atoms with Crippen molar-refractivity contribution in [2.75, 3.05) is 20.3 Å². The van der Waals surface area contributed by atoms with Gasteiger partial charge in [-0.05, 0) is 55.1 Å². The van der Waals surface area contributed by atoms with Gasteiger partial charge >= 0.3 is 0 Å². The van der Waals surface area contributed by atoms with Crippen LogP contribution in [-0.4, -0.2) is 38.4 Å². The molecule has 0 aromatic heterocycles. The van der Waals surface area contributed by atoms with Gasteiger partial charge in [0.25, 0.3) is 0 Å². The molecular weight excluding hydrogens is 477 g/mol. The summed E-state index contributed by atoms with van der Waals surface area (Å²) in [5.41, 5.74) is 2.96. The highest BCUT2D eigenvalue weighted by atomic mass is 127. The molecule has 5 nitrogen and oxygen atoms in total. The third-order valence-corrected chi connectivity index (χ3v) is 6.01. The quantitative estimate of drug-likeness (QED) is 0.330. The average Bonchev–Trinajstić information content (AvgIpc) is 2.72. The second-order valence-electron chi connectivity index (χ2n) is 8.95. The number of nitrogens with zero attached hydrogens (tertiary/aromatic N) is 1. The van der Waals surface area contributed by atoms with E-state index in [-0.39, 0.29) is 24.0 Å². The number of aliphatic imine (C=N–C) groups is 1. The van der Waals surface area contributed by atoms with E-state index in [1.54, 1.807) is 0 Å². The van der Waals surface area contributed by atoms with Crippen molar-refractivity contribution >= 4 is 29.9 Å². The van der Waals surface area contributed by atoms with Gasteiger partial charge in [0.2, 0.25) is 0 Å². The van der Waals surface area contributed by atoms with E-state index in [1.165, 1.54) is 36.8 Å². The average molecular weight is 515 g/mol. The molecule has 1 saturated heterocycles. The highest BCUT2D eigenvalue weighted by Gasteiger charge is 2.27. The van der Waals surface area contributed by atoms with Gasteiger partial charge in [0, 0.05) is 32.8 Å². The van der Waals surface area contributed by atoms with Crippen molar-refractivity contribution in [3.8, 4) is 0 Å². The van der Waals surface area contributed by atoms with Gasteiger partial charge < -0.3 is 20.1 Å². The van der Waals surface area contributed by atoms with Crippen LogP contribution < -0.4 is 10.6 Å². The van der Waals surface area contributed by atoms with Crippen molar-refractivity contribution in [2.45, 2.75) is 77.7 Å². The molecule has 0 bridgehead atoms. The first-order valence-electron chi connectivity index (χ1n) is 10.8. The van der Waals surface area contributed by atoms with Crippen LogP contribution in [0.25, 0.3) is 0 Å². The van der Waals surface area contributed by atoms with Crippen molar-refractivity contribution in [1.82, 2.24) is 10.6 Å². The van der Waals surface area contributed by atoms with E-state index < -0.39 is 0 Å². The number of rotatable bonds is 6. The minimum atomic E-state index is 0. The van der Waals surface area contributed by atoms with E-state index in [4.69, 9.17) is 9.47 Å². The molecule has 2 fully saturated rings. The van der Waals surface area contributed by atoms with Crippen LogP contribution in [0.3, 0.4) is 0 Å². The molecule has 1 aliphatic carbocycles. The Morgan fingerprint density at radius 2 is 1.83 bits per heavy atom. The number of guanidine groups is 1. The molecule has 6 heteroatoms. The summed E-state index contributed by atoms with van der Waals surface area (Å²) < 4.78 is 11.4. The van der Waals surface area contributed by atoms with Gasteiger partial charge in [0.15, 0.2) is 5.96 Å². The summed E-state index contributed by atoms with van der Waals surface area (Å²) in [4.78, 5) is 4.41. The van der Waals surface area contributed by atoms with Gasteiger partial charge in [-0.1, -0.05) is 38.1 Å². The first-order valence-corrected chi connectivity index (χ1v) is 10.8. The van der Waals surface area contributed by atoms with Crippen LogP contribution >= 0.6 is 24.0 Å². The molecule has 3 rings (SSSR count). The zero-order chi connectivity index (χ0) is 19.8. The summed E-state index contributed by atoms with van der Waals surface area (Å²) in [5.74, 6) is 0.897. The summed E-state index contributed by atoms with van der Waals surface area (Å²) in [6.07, 6.45) is 7.31. The van der Waals surface area contributed by atoms with Crippen molar-refractivity contribution < 1.29 is 9.47 Å². The lowest BCUT2D eigenvalue weighted by Gasteiger charge is -2.35. The predicted molar refractivity (Wildman–Crippen MR) is 130 cm³/mol. The fourth-order valence-corrected chi connectivity index (χ4v) is 4.00. The van der Waals surface area contributed by atoms with Crippen molar-refractivity contribution in [3.05, 3.63) is 35.4 Å². The first-order chi connectivity index (χ1) is 13.5. The molecule has 0 spiro atoms. The smallest absolute Gasteiger partial charge is 0.191 e. The van der Waals surface area contributed by atoms with E-state index in [2.05, 4.69) is 53.7 Å². The van der Waals surface area contributed by atoms with Crippen molar-refractivity contribution in [3.63, 3.8) is 0 Å². The number of halogens is 1. The maximum Gasteiger partial charge on any atom is 0.191 e. The van der Waals surface area contributed by atoms with Crippen molar-refractivity contribution in [1.29, 1.82) is 0 Å². The summed E-state index contributed by atoms with van der Waals surface area (Å²) in [7, 11) is 1.85. The Morgan fingerprint density at radius 1 is 1.14 bits per heavy atom. The Bertz CT molecular complexity index is 635. The maximum absolute atomic E-state index is 6.05. The Kier molecular flexibility index (Phi) is 10.2. The fraction of sp³-hybridized carbons (Fsp3) is 0.696. The predicted octanol–water partition coefficient (Wildman–Crippen LogP) is 4.63. The summed E-state index contributed by atoms with van der Waals surface area (Å²) in [6.45, 7) is 7.81. The number of nitrogens with one attached hydrogen (secondary N) is 2. The van der Waals surface area contributed by atoms with Crippen LogP contribution in [0.15, 0.2) is 29.3 Å². The van der Waals surface area contributed by atoms with Gasteiger partial charge in [0.05, 0.1) is 12.7 Å². The Balaban J connectivity index is 0.00000300. The van der Waals surface area contributed by atoms with Gasteiger partial charge in [-0.15, -0.1) is 24.0 Å². The fourth-order valence-electron chi connectivity index (χ4n) is 4.00. The van der Waals surface area contributed by atoms with Crippen LogP contribution in [0.5, 0.6) is 0 Å². The molecule has 1 aromatic carbocycles. The number of hydrogen-bond acceptors (Lipinski definition) is 3. The van der Waals surface area contributed by atoms with Crippen LogP contribution in [0, 0.1) is 5.41 Å². The third-order valence-electron chi connectivity index (χ3n) is 6.01. The molecule has 29 heavy (non-hydrogen) atoms. The third kappa shape index (κ3) is 8.42. The minimum Gasteiger partial charge on any atom is -0.381 e. The topological polar surface area (TPSA) is 54.9 Å². The van der Waals surface area contributed by atoms with E-state index in [0.717, 1.165) is 38.6 Å².